The second-order valence-corrected chi connectivity index (χ2v) is 4.34. The molecule has 2 N–H and O–H groups in total. The van der Waals surface area contributed by atoms with E-state index < -0.39 is 0 Å². The summed E-state index contributed by atoms with van der Waals surface area (Å²) in [7, 11) is 0. The van der Waals surface area contributed by atoms with Gasteiger partial charge >= 0.3 is 0 Å². The van der Waals surface area contributed by atoms with E-state index in [2.05, 4.69) is 4.99 Å². The molecular weight excluding hydrogens is 365 g/mol. The van der Waals surface area contributed by atoms with E-state index in [1.54, 1.807) is 0 Å². The summed E-state index contributed by atoms with van der Waals surface area (Å²) in [6.07, 6.45) is 0. The fraction of sp³-hybridized carbons (Fsp3) is 0.417. The Kier molecular flexibility index (Phi) is 6.73. The first kappa shape index (κ1) is 15.5. The Labute approximate surface area is 129 Å². The third-order valence-corrected chi connectivity index (χ3v) is 2.92. The number of benzene rings is 1. The highest BCUT2D eigenvalue weighted by molar-refractivity contribution is 14.0. The van der Waals surface area contributed by atoms with Crippen LogP contribution in [0.15, 0.2) is 29.3 Å². The first-order valence-corrected chi connectivity index (χ1v) is 6.00. The quantitative estimate of drug-likeness (QED) is 0.485. The average Bonchev–Trinajstić information content (AvgIpc) is 2.39. The molecule has 1 aliphatic rings. The zero-order valence-corrected chi connectivity index (χ0v) is 13.1. The van der Waals surface area contributed by atoms with Crippen molar-refractivity contribution in [3.63, 3.8) is 0 Å². The van der Waals surface area contributed by atoms with Crippen molar-refractivity contribution in [2.75, 3.05) is 26.3 Å². The lowest BCUT2D eigenvalue weighted by Gasteiger charge is -2.27. The molecule has 1 fully saturated rings. The zero-order valence-electron chi connectivity index (χ0n) is 10.0. The lowest BCUT2D eigenvalue weighted by molar-refractivity contribution is 0.0674. The van der Waals surface area contributed by atoms with Crippen LogP contribution in [0.2, 0.25) is 5.02 Å². The molecular formula is C12H17ClIN3O. The van der Waals surface area contributed by atoms with Crippen molar-refractivity contribution in [1.82, 2.24) is 4.90 Å². The molecule has 1 aromatic rings. The maximum absolute atomic E-state index is 5.92. The predicted octanol–water partition coefficient (Wildman–Crippen LogP) is 2.10. The fourth-order valence-corrected chi connectivity index (χ4v) is 1.78. The fourth-order valence-electron chi connectivity index (χ4n) is 1.65. The predicted molar refractivity (Wildman–Crippen MR) is 84.6 cm³/mol. The van der Waals surface area contributed by atoms with Crippen molar-refractivity contribution in [2.24, 2.45) is 10.7 Å². The van der Waals surface area contributed by atoms with E-state index in [0.29, 0.717) is 12.5 Å². The van der Waals surface area contributed by atoms with Crippen LogP contribution in [0.1, 0.15) is 5.56 Å². The summed E-state index contributed by atoms with van der Waals surface area (Å²) in [6, 6.07) is 7.63. The van der Waals surface area contributed by atoms with Crippen LogP contribution in [-0.4, -0.2) is 37.2 Å². The van der Waals surface area contributed by atoms with Crippen molar-refractivity contribution in [1.29, 1.82) is 0 Å². The van der Waals surface area contributed by atoms with E-state index in [1.807, 2.05) is 29.2 Å². The van der Waals surface area contributed by atoms with Crippen LogP contribution in [0.25, 0.3) is 0 Å². The molecule has 2 rings (SSSR count). The highest BCUT2D eigenvalue weighted by Crippen LogP contribution is 2.10. The van der Waals surface area contributed by atoms with Gasteiger partial charge in [0.25, 0.3) is 0 Å². The minimum atomic E-state index is 0. The lowest BCUT2D eigenvalue weighted by Crippen LogP contribution is -2.44. The Bertz CT molecular complexity index is 391. The number of rotatable bonds is 2. The largest absolute Gasteiger partial charge is 0.378 e. The van der Waals surface area contributed by atoms with Crippen molar-refractivity contribution >= 4 is 41.5 Å². The normalized spacial score (nSPS) is 16.3. The Hall–Kier alpha value is -0.530. The van der Waals surface area contributed by atoms with Crippen molar-refractivity contribution in [3.8, 4) is 0 Å². The Morgan fingerprint density at radius 3 is 2.50 bits per heavy atom. The van der Waals surface area contributed by atoms with Gasteiger partial charge in [-0.2, -0.15) is 0 Å². The SMILES string of the molecule is I.NC(=NCc1ccc(Cl)cc1)N1CCOCC1. The van der Waals surface area contributed by atoms with E-state index in [9.17, 15) is 0 Å². The van der Waals surface area contributed by atoms with Crippen LogP contribution in [0, 0.1) is 0 Å². The number of hydrogen-bond donors (Lipinski definition) is 1. The molecule has 0 amide bonds. The second-order valence-electron chi connectivity index (χ2n) is 3.90. The van der Waals surface area contributed by atoms with E-state index in [1.165, 1.54) is 0 Å². The topological polar surface area (TPSA) is 50.8 Å². The van der Waals surface area contributed by atoms with Crippen molar-refractivity contribution in [3.05, 3.63) is 34.9 Å². The monoisotopic (exact) mass is 381 g/mol. The number of guanidine groups is 1. The molecule has 0 saturated carbocycles. The number of nitrogens with two attached hydrogens (primary N) is 1. The van der Waals surface area contributed by atoms with Gasteiger partial charge < -0.3 is 15.4 Å². The highest BCUT2D eigenvalue weighted by Gasteiger charge is 2.11. The van der Waals surface area contributed by atoms with E-state index >= 15 is 0 Å². The molecule has 1 aromatic carbocycles. The molecule has 0 radical (unpaired) electrons. The van der Waals surface area contributed by atoms with Gasteiger partial charge in [-0.1, -0.05) is 23.7 Å². The molecule has 0 unspecified atom stereocenters. The molecule has 18 heavy (non-hydrogen) atoms. The van der Waals surface area contributed by atoms with Gasteiger partial charge in [-0.05, 0) is 17.7 Å². The number of aliphatic imine (C=N–C) groups is 1. The number of halogens is 2. The zero-order chi connectivity index (χ0) is 12.1. The molecule has 0 aromatic heterocycles. The second kappa shape index (κ2) is 7.81. The molecule has 4 nitrogen and oxygen atoms in total. The summed E-state index contributed by atoms with van der Waals surface area (Å²) < 4.78 is 5.26. The van der Waals surface area contributed by atoms with E-state index in [4.69, 9.17) is 22.1 Å². The smallest absolute Gasteiger partial charge is 0.191 e. The number of morpholine rings is 1. The van der Waals surface area contributed by atoms with Crippen LogP contribution >= 0.6 is 35.6 Å². The average molecular weight is 382 g/mol. The van der Waals surface area contributed by atoms with Gasteiger partial charge in [0.2, 0.25) is 0 Å². The lowest BCUT2D eigenvalue weighted by atomic mass is 10.2. The third kappa shape index (κ3) is 4.62. The molecule has 6 heteroatoms. The minimum Gasteiger partial charge on any atom is -0.378 e. The molecule has 1 saturated heterocycles. The summed E-state index contributed by atoms with van der Waals surface area (Å²) in [5.74, 6) is 0.586. The molecule has 0 spiro atoms. The van der Waals surface area contributed by atoms with E-state index in [0.717, 1.165) is 36.9 Å². The molecule has 0 atom stereocenters. The first-order valence-electron chi connectivity index (χ1n) is 5.63. The summed E-state index contributed by atoms with van der Waals surface area (Å²) in [5.41, 5.74) is 7.02. The Morgan fingerprint density at radius 1 is 1.28 bits per heavy atom. The van der Waals surface area contributed by atoms with Crippen LogP contribution < -0.4 is 5.73 Å². The first-order chi connectivity index (χ1) is 8.25. The van der Waals surface area contributed by atoms with Gasteiger partial charge in [-0.25, -0.2) is 4.99 Å². The highest BCUT2D eigenvalue weighted by atomic mass is 127. The Balaban J connectivity index is 0.00000162. The molecule has 1 heterocycles. The van der Waals surface area contributed by atoms with Gasteiger partial charge in [0, 0.05) is 18.1 Å². The van der Waals surface area contributed by atoms with Crippen LogP contribution in [0.3, 0.4) is 0 Å². The molecule has 0 bridgehead atoms. The standard InChI is InChI=1S/C12H16ClN3O.HI/c13-11-3-1-10(2-4-11)9-15-12(14)16-5-7-17-8-6-16;/h1-4H,5-9H2,(H2,14,15);1H. The molecule has 0 aliphatic carbocycles. The third-order valence-electron chi connectivity index (χ3n) is 2.67. The van der Waals surface area contributed by atoms with Gasteiger partial charge in [-0.15, -0.1) is 24.0 Å². The van der Waals surface area contributed by atoms with Crippen LogP contribution in [0.4, 0.5) is 0 Å². The molecule has 1 aliphatic heterocycles. The van der Waals surface area contributed by atoms with Gasteiger partial charge in [0.15, 0.2) is 5.96 Å². The molecule has 100 valence electrons. The Morgan fingerprint density at radius 2 is 1.89 bits per heavy atom. The van der Waals surface area contributed by atoms with Crippen molar-refractivity contribution < 1.29 is 4.74 Å². The maximum Gasteiger partial charge on any atom is 0.191 e. The van der Waals surface area contributed by atoms with Gasteiger partial charge in [-0.3, -0.25) is 0 Å². The summed E-state index contributed by atoms with van der Waals surface area (Å²) in [5, 5.41) is 0.735. The van der Waals surface area contributed by atoms with Gasteiger partial charge in [0.05, 0.1) is 19.8 Å². The minimum absolute atomic E-state index is 0. The number of ether oxygens (including phenoxy) is 1. The van der Waals surface area contributed by atoms with Crippen LogP contribution in [-0.2, 0) is 11.3 Å². The number of hydrogen-bond acceptors (Lipinski definition) is 2. The van der Waals surface area contributed by atoms with Crippen LogP contribution in [0.5, 0.6) is 0 Å². The summed E-state index contributed by atoms with van der Waals surface area (Å²) in [4.78, 5) is 6.41. The van der Waals surface area contributed by atoms with E-state index in [-0.39, 0.29) is 24.0 Å². The summed E-state index contributed by atoms with van der Waals surface area (Å²) >= 11 is 5.81. The number of nitrogens with zero attached hydrogens (tertiary/aromatic N) is 2. The maximum atomic E-state index is 5.92. The van der Waals surface area contributed by atoms with Gasteiger partial charge in [0.1, 0.15) is 0 Å². The van der Waals surface area contributed by atoms with Crippen molar-refractivity contribution in [2.45, 2.75) is 6.54 Å². The summed E-state index contributed by atoms with van der Waals surface area (Å²) in [6.45, 7) is 3.65.